The molecule has 100 valence electrons. The predicted molar refractivity (Wildman–Crippen MR) is 77.6 cm³/mol. The van der Waals surface area contributed by atoms with Crippen molar-refractivity contribution in [1.82, 2.24) is 4.90 Å². The van der Waals surface area contributed by atoms with Crippen LogP contribution >= 0.6 is 0 Å². The lowest BCUT2D eigenvalue weighted by molar-refractivity contribution is 0.183. The van der Waals surface area contributed by atoms with E-state index in [9.17, 15) is 0 Å². The normalized spacial score (nSPS) is 21.3. The SMILES string of the molecule is Cc1cccc(C(C(C)N)N2CCCCCC2)c1. The van der Waals surface area contributed by atoms with Crippen molar-refractivity contribution in [3.63, 3.8) is 0 Å². The fourth-order valence-corrected chi connectivity index (χ4v) is 3.07. The molecule has 1 fully saturated rings. The Hall–Kier alpha value is -0.860. The molecule has 0 saturated carbocycles. The number of hydrogen-bond donors (Lipinski definition) is 1. The van der Waals surface area contributed by atoms with Crippen LogP contribution < -0.4 is 5.73 Å². The summed E-state index contributed by atoms with van der Waals surface area (Å²) in [6, 6.07) is 9.39. The van der Waals surface area contributed by atoms with E-state index in [0.29, 0.717) is 6.04 Å². The summed E-state index contributed by atoms with van der Waals surface area (Å²) in [6.45, 7) is 6.68. The molecule has 0 aromatic heterocycles. The van der Waals surface area contributed by atoms with E-state index in [-0.39, 0.29) is 6.04 Å². The Morgan fingerprint density at radius 2 is 1.78 bits per heavy atom. The van der Waals surface area contributed by atoms with E-state index >= 15 is 0 Å². The Labute approximate surface area is 111 Å². The molecular weight excluding hydrogens is 220 g/mol. The van der Waals surface area contributed by atoms with Crippen LogP contribution in [0.4, 0.5) is 0 Å². The first-order chi connectivity index (χ1) is 8.68. The molecule has 18 heavy (non-hydrogen) atoms. The average molecular weight is 246 g/mol. The van der Waals surface area contributed by atoms with Crippen molar-refractivity contribution >= 4 is 0 Å². The molecular formula is C16H26N2. The van der Waals surface area contributed by atoms with Gasteiger partial charge in [-0.05, 0) is 45.3 Å². The van der Waals surface area contributed by atoms with E-state index in [1.54, 1.807) is 0 Å². The van der Waals surface area contributed by atoms with Crippen molar-refractivity contribution in [1.29, 1.82) is 0 Å². The number of nitrogens with zero attached hydrogens (tertiary/aromatic N) is 1. The van der Waals surface area contributed by atoms with Crippen LogP contribution in [-0.2, 0) is 0 Å². The van der Waals surface area contributed by atoms with Crippen LogP contribution in [0.25, 0.3) is 0 Å². The van der Waals surface area contributed by atoms with Gasteiger partial charge < -0.3 is 5.73 Å². The van der Waals surface area contributed by atoms with Crippen LogP contribution in [0.5, 0.6) is 0 Å². The number of hydrogen-bond acceptors (Lipinski definition) is 2. The van der Waals surface area contributed by atoms with Gasteiger partial charge in [0.15, 0.2) is 0 Å². The summed E-state index contributed by atoms with van der Waals surface area (Å²) in [5.41, 5.74) is 8.97. The van der Waals surface area contributed by atoms with Crippen molar-refractivity contribution in [3.8, 4) is 0 Å². The van der Waals surface area contributed by atoms with Crippen LogP contribution in [-0.4, -0.2) is 24.0 Å². The zero-order valence-corrected chi connectivity index (χ0v) is 11.7. The highest BCUT2D eigenvalue weighted by molar-refractivity contribution is 5.26. The molecule has 1 aliphatic rings. The average Bonchev–Trinajstić information content (AvgIpc) is 2.58. The smallest absolute Gasteiger partial charge is 0.0496 e. The third-order valence-electron chi connectivity index (χ3n) is 3.92. The first-order valence-corrected chi connectivity index (χ1v) is 7.24. The Bertz CT molecular complexity index is 365. The molecule has 2 unspecified atom stereocenters. The molecule has 2 atom stereocenters. The fourth-order valence-electron chi connectivity index (χ4n) is 3.07. The van der Waals surface area contributed by atoms with Gasteiger partial charge in [0, 0.05) is 12.1 Å². The highest BCUT2D eigenvalue weighted by Gasteiger charge is 2.24. The highest BCUT2D eigenvalue weighted by atomic mass is 15.2. The number of likely N-dealkylation sites (tertiary alicyclic amines) is 1. The second-order valence-corrected chi connectivity index (χ2v) is 5.67. The summed E-state index contributed by atoms with van der Waals surface area (Å²) in [5, 5.41) is 0. The van der Waals surface area contributed by atoms with Gasteiger partial charge in [-0.15, -0.1) is 0 Å². The summed E-state index contributed by atoms with van der Waals surface area (Å²) >= 11 is 0. The number of benzene rings is 1. The van der Waals surface area contributed by atoms with Crippen LogP contribution in [0.15, 0.2) is 24.3 Å². The van der Waals surface area contributed by atoms with E-state index in [4.69, 9.17) is 5.73 Å². The van der Waals surface area contributed by atoms with Crippen LogP contribution in [0.3, 0.4) is 0 Å². The van der Waals surface area contributed by atoms with E-state index in [2.05, 4.69) is 43.0 Å². The third kappa shape index (κ3) is 3.33. The summed E-state index contributed by atoms with van der Waals surface area (Å²) in [5.74, 6) is 0. The lowest BCUT2D eigenvalue weighted by Gasteiger charge is -2.34. The Balaban J connectivity index is 2.21. The van der Waals surface area contributed by atoms with E-state index in [1.807, 2.05) is 0 Å². The second-order valence-electron chi connectivity index (χ2n) is 5.67. The molecule has 1 aliphatic heterocycles. The number of nitrogens with two attached hydrogens (primary N) is 1. The Morgan fingerprint density at radius 3 is 2.33 bits per heavy atom. The van der Waals surface area contributed by atoms with Gasteiger partial charge in [0.25, 0.3) is 0 Å². The molecule has 1 heterocycles. The molecule has 1 aromatic rings. The maximum absolute atomic E-state index is 6.26. The number of aryl methyl sites for hydroxylation is 1. The third-order valence-corrected chi connectivity index (χ3v) is 3.92. The predicted octanol–water partition coefficient (Wildman–Crippen LogP) is 3.26. The molecule has 2 heteroatoms. The van der Waals surface area contributed by atoms with Gasteiger partial charge in [0.2, 0.25) is 0 Å². The molecule has 1 aromatic carbocycles. The quantitative estimate of drug-likeness (QED) is 0.887. The van der Waals surface area contributed by atoms with Gasteiger partial charge in [-0.2, -0.15) is 0 Å². The van der Waals surface area contributed by atoms with Crippen molar-refractivity contribution in [2.24, 2.45) is 5.73 Å². The van der Waals surface area contributed by atoms with Crippen molar-refractivity contribution < 1.29 is 0 Å². The molecule has 2 N–H and O–H groups in total. The molecule has 2 nitrogen and oxygen atoms in total. The summed E-state index contributed by atoms with van der Waals surface area (Å²) < 4.78 is 0. The molecule has 2 rings (SSSR count). The molecule has 0 radical (unpaired) electrons. The van der Waals surface area contributed by atoms with E-state index < -0.39 is 0 Å². The summed E-state index contributed by atoms with van der Waals surface area (Å²) in [7, 11) is 0. The van der Waals surface area contributed by atoms with Gasteiger partial charge in [-0.25, -0.2) is 0 Å². The number of rotatable bonds is 3. The van der Waals surface area contributed by atoms with Crippen LogP contribution in [0.1, 0.15) is 49.8 Å². The minimum absolute atomic E-state index is 0.185. The van der Waals surface area contributed by atoms with Gasteiger partial charge in [0.1, 0.15) is 0 Å². The van der Waals surface area contributed by atoms with Crippen molar-refractivity contribution in [3.05, 3.63) is 35.4 Å². The maximum atomic E-state index is 6.26. The molecule has 1 saturated heterocycles. The Kier molecular flexibility index (Phi) is 4.79. The highest BCUT2D eigenvalue weighted by Crippen LogP contribution is 2.27. The van der Waals surface area contributed by atoms with E-state index in [1.165, 1.54) is 49.9 Å². The topological polar surface area (TPSA) is 29.3 Å². The van der Waals surface area contributed by atoms with Gasteiger partial charge in [-0.1, -0.05) is 42.7 Å². The second kappa shape index (κ2) is 6.35. The first kappa shape index (κ1) is 13.6. The molecule has 0 spiro atoms. The lowest BCUT2D eigenvalue weighted by Crippen LogP contribution is -2.40. The molecule has 0 amide bonds. The monoisotopic (exact) mass is 246 g/mol. The molecule has 0 aliphatic carbocycles. The standard InChI is InChI=1S/C16H26N2/c1-13-8-7-9-15(12-13)16(14(2)17)18-10-5-3-4-6-11-18/h7-9,12,14,16H,3-6,10-11,17H2,1-2H3. The zero-order chi connectivity index (χ0) is 13.0. The Morgan fingerprint density at radius 1 is 1.11 bits per heavy atom. The minimum atomic E-state index is 0.185. The summed E-state index contributed by atoms with van der Waals surface area (Å²) in [4.78, 5) is 2.59. The first-order valence-electron chi connectivity index (χ1n) is 7.24. The van der Waals surface area contributed by atoms with Crippen molar-refractivity contribution in [2.45, 2.75) is 51.6 Å². The van der Waals surface area contributed by atoms with Crippen LogP contribution in [0.2, 0.25) is 0 Å². The largest absolute Gasteiger partial charge is 0.326 e. The van der Waals surface area contributed by atoms with Gasteiger partial charge in [-0.3, -0.25) is 4.90 Å². The van der Waals surface area contributed by atoms with Crippen molar-refractivity contribution in [2.75, 3.05) is 13.1 Å². The van der Waals surface area contributed by atoms with E-state index in [0.717, 1.165) is 0 Å². The summed E-state index contributed by atoms with van der Waals surface area (Å²) in [6.07, 6.45) is 5.37. The fraction of sp³-hybridized carbons (Fsp3) is 0.625. The van der Waals surface area contributed by atoms with Gasteiger partial charge >= 0.3 is 0 Å². The molecule has 0 bridgehead atoms. The minimum Gasteiger partial charge on any atom is -0.326 e. The van der Waals surface area contributed by atoms with Crippen LogP contribution in [0, 0.1) is 6.92 Å². The zero-order valence-electron chi connectivity index (χ0n) is 11.7. The lowest BCUT2D eigenvalue weighted by atomic mass is 9.97. The maximum Gasteiger partial charge on any atom is 0.0496 e. The van der Waals surface area contributed by atoms with Gasteiger partial charge in [0.05, 0.1) is 0 Å².